The summed E-state index contributed by atoms with van der Waals surface area (Å²) < 4.78 is 35.6. The Hall–Kier alpha value is -1.80. The van der Waals surface area contributed by atoms with Crippen molar-refractivity contribution in [1.82, 2.24) is 9.21 Å². The molecule has 0 radical (unpaired) electrons. The second-order valence-corrected chi connectivity index (χ2v) is 8.83. The first-order chi connectivity index (χ1) is 12.2. The number of hydrogen-bond donors (Lipinski definition) is 0. The minimum Gasteiger partial charge on any atom is -0.493 e. The topological polar surface area (TPSA) is 76.2 Å². The average molecular weight is 384 g/mol. The number of nitrogens with zero attached hydrogens (tertiary/aromatic N) is 2. The zero-order valence-electron chi connectivity index (χ0n) is 15.9. The van der Waals surface area contributed by atoms with E-state index in [1.54, 1.807) is 30.2 Å². The summed E-state index contributed by atoms with van der Waals surface area (Å²) in [6, 6.07) is 5.15. The number of methoxy groups -OCH3 is 1. The molecule has 26 heavy (non-hydrogen) atoms. The first kappa shape index (κ1) is 20.5. The van der Waals surface area contributed by atoms with Crippen LogP contribution >= 0.6 is 0 Å². The molecule has 1 fully saturated rings. The van der Waals surface area contributed by atoms with Crippen LogP contribution in [0.25, 0.3) is 0 Å². The highest BCUT2D eigenvalue weighted by Gasteiger charge is 2.27. The number of benzene rings is 1. The van der Waals surface area contributed by atoms with Crippen LogP contribution < -0.4 is 9.47 Å². The molecule has 0 saturated carbocycles. The summed E-state index contributed by atoms with van der Waals surface area (Å²) in [5.41, 5.74) is 0.505. The maximum Gasteiger partial charge on any atom is 0.254 e. The first-order valence-electron chi connectivity index (χ1n) is 8.77. The molecule has 1 aliphatic rings. The summed E-state index contributed by atoms with van der Waals surface area (Å²) in [7, 11) is -1.67. The van der Waals surface area contributed by atoms with E-state index in [0.29, 0.717) is 55.8 Å². The average Bonchev–Trinajstić information content (AvgIpc) is 2.60. The Morgan fingerprint density at radius 1 is 1.15 bits per heavy atom. The van der Waals surface area contributed by atoms with Crippen LogP contribution in [0.2, 0.25) is 0 Å². The predicted molar refractivity (Wildman–Crippen MR) is 100 cm³/mol. The molecule has 0 spiro atoms. The van der Waals surface area contributed by atoms with Crippen LogP contribution in [-0.2, 0) is 10.0 Å². The lowest BCUT2D eigenvalue weighted by Crippen LogP contribution is -2.50. The van der Waals surface area contributed by atoms with Crippen molar-refractivity contribution in [3.05, 3.63) is 23.8 Å². The zero-order valence-corrected chi connectivity index (χ0v) is 16.7. The summed E-state index contributed by atoms with van der Waals surface area (Å²) in [5.74, 6) is 1.55. The van der Waals surface area contributed by atoms with Gasteiger partial charge in [-0.3, -0.25) is 4.79 Å². The Morgan fingerprint density at radius 3 is 2.35 bits per heavy atom. The number of ether oxygens (including phenoxy) is 2. The Kier molecular flexibility index (Phi) is 6.88. The SMILES string of the molecule is COc1cc(C(=O)N2CCN(S(C)(=O)=O)CC2)ccc1OCCC(C)C. The Balaban J connectivity index is 2.03. The molecule has 1 aromatic carbocycles. The molecule has 1 aromatic rings. The third-order valence-electron chi connectivity index (χ3n) is 4.36. The summed E-state index contributed by atoms with van der Waals surface area (Å²) >= 11 is 0. The molecule has 0 N–H and O–H groups in total. The fourth-order valence-electron chi connectivity index (χ4n) is 2.73. The molecule has 1 heterocycles. The van der Waals surface area contributed by atoms with Gasteiger partial charge in [0.05, 0.1) is 20.0 Å². The lowest BCUT2D eigenvalue weighted by atomic mass is 10.1. The first-order valence-corrected chi connectivity index (χ1v) is 10.6. The molecule has 1 aliphatic heterocycles. The zero-order chi connectivity index (χ0) is 19.3. The molecule has 0 aromatic heterocycles. The van der Waals surface area contributed by atoms with Crippen molar-refractivity contribution in [1.29, 1.82) is 0 Å². The van der Waals surface area contributed by atoms with Crippen LogP contribution in [0.1, 0.15) is 30.6 Å². The minimum absolute atomic E-state index is 0.134. The van der Waals surface area contributed by atoms with Gasteiger partial charge in [-0.25, -0.2) is 8.42 Å². The fraction of sp³-hybridized carbons (Fsp3) is 0.611. The van der Waals surface area contributed by atoms with E-state index in [9.17, 15) is 13.2 Å². The highest BCUT2D eigenvalue weighted by Crippen LogP contribution is 2.29. The number of sulfonamides is 1. The standard InChI is InChI=1S/C18H28N2O5S/c1-14(2)7-12-25-16-6-5-15(13-17(16)24-3)18(21)19-8-10-20(11-9-19)26(4,22)23/h5-6,13-14H,7-12H2,1-4H3. The molecule has 0 unspecified atom stereocenters. The fourth-order valence-corrected chi connectivity index (χ4v) is 3.56. The quantitative estimate of drug-likeness (QED) is 0.717. The van der Waals surface area contributed by atoms with Gasteiger partial charge < -0.3 is 14.4 Å². The normalized spacial score (nSPS) is 16.0. The molecule has 0 aliphatic carbocycles. The van der Waals surface area contributed by atoms with Crippen LogP contribution in [0.15, 0.2) is 18.2 Å². The van der Waals surface area contributed by atoms with E-state index in [2.05, 4.69) is 13.8 Å². The highest BCUT2D eigenvalue weighted by atomic mass is 32.2. The Labute approximate surface area is 155 Å². The van der Waals surface area contributed by atoms with Crippen molar-refractivity contribution in [2.45, 2.75) is 20.3 Å². The van der Waals surface area contributed by atoms with E-state index < -0.39 is 10.0 Å². The van der Waals surface area contributed by atoms with Crippen molar-refractivity contribution in [3.63, 3.8) is 0 Å². The van der Waals surface area contributed by atoms with Gasteiger partial charge in [0, 0.05) is 31.7 Å². The lowest BCUT2D eigenvalue weighted by molar-refractivity contribution is 0.0698. The largest absolute Gasteiger partial charge is 0.493 e. The van der Waals surface area contributed by atoms with Crippen molar-refractivity contribution < 1.29 is 22.7 Å². The van der Waals surface area contributed by atoms with E-state index >= 15 is 0 Å². The van der Waals surface area contributed by atoms with Crippen LogP contribution in [0, 0.1) is 5.92 Å². The van der Waals surface area contributed by atoms with Crippen molar-refractivity contribution >= 4 is 15.9 Å². The van der Waals surface area contributed by atoms with Crippen LogP contribution in [-0.4, -0.2) is 69.7 Å². The summed E-state index contributed by atoms with van der Waals surface area (Å²) in [6.45, 7) is 6.24. The number of hydrogen-bond acceptors (Lipinski definition) is 5. The lowest BCUT2D eigenvalue weighted by Gasteiger charge is -2.33. The molecule has 7 nitrogen and oxygen atoms in total. The van der Waals surface area contributed by atoms with Gasteiger partial charge in [0.15, 0.2) is 11.5 Å². The third-order valence-corrected chi connectivity index (χ3v) is 5.66. The minimum atomic E-state index is -3.21. The summed E-state index contributed by atoms with van der Waals surface area (Å²) in [4.78, 5) is 14.4. The van der Waals surface area contributed by atoms with Crippen molar-refractivity contribution in [2.24, 2.45) is 5.92 Å². The Morgan fingerprint density at radius 2 is 1.81 bits per heavy atom. The summed E-state index contributed by atoms with van der Waals surface area (Å²) in [5, 5.41) is 0. The van der Waals surface area contributed by atoms with E-state index in [1.165, 1.54) is 10.6 Å². The number of amides is 1. The van der Waals surface area contributed by atoms with Gasteiger partial charge in [-0.2, -0.15) is 4.31 Å². The van der Waals surface area contributed by atoms with Gasteiger partial charge in [-0.05, 0) is 30.5 Å². The molecule has 2 rings (SSSR count). The summed E-state index contributed by atoms with van der Waals surface area (Å²) in [6.07, 6.45) is 2.13. The molecule has 1 amide bonds. The van der Waals surface area contributed by atoms with E-state index in [1.807, 2.05) is 0 Å². The monoisotopic (exact) mass is 384 g/mol. The molecular weight excluding hydrogens is 356 g/mol. The van der Waals surface area contributed by atoms with Gasteiger partial charge in [0.25, 0.3) is 5.91 Å². The predicted octanol–water partition coefficient (Wildman–Crippen LogP) is 1.84. The maximum absolute atomic E-state index is 12.7. The van der Waals surface area contributed by atoms with Gasteiger partial charge >= 0.3 is 0 Å². The molecular formula is C18H28N2O5S. The van der Waals surface area contributed by atoms with E-state index in [-0.39, 0.29) is 5.91 Å². The number of carbonyl (C=O) groups is 1. The maximum atomic E-state index is 12.7. The highest BCUT2D eigenvalue weighted by molar-refractivity contribution is 7.88. The van der Waals surface area contributed by atoms with Gasteiger partial charge in [-0.15, -0.1) is 0 Å². The molecule has 0 atom stereocenters. The van der Waals surface area contributed by atoms with Gasteiger partial charge in [0.1, 0.15) is 0 Å². The second-order valence-electron chi connectivity index (χ2n) is 6.85. The number of rotatable bonds is 7. The van der Waals surface area contributed by atoms with Gasteiger partial charge in [-0.1, -0.05) is 13.8 Å². The van der Waals surface area contributed by atoms with Crippen molar-refractivity contribution in [2.75, 3.05) is 46.2 Å². The second kappa shape index (κ2) is 8.73. The molecule has 146 valence electrons. The van der Waals surface area contributed by atoms with E-state index in [0.717, 1.165) is 6.42 Å². The smallest absolute Gasteiger partial charge is 0.254 e. The van der Waals surface area contributed by atoms with Crippen LogP contribution in [0.3, 0.4) is 0 Å². The molecule has 0 bridgehead atoms. The number of carbonyl (C=O) groups excluding carboxylic acids is 1. The van der Waals surface area contributed by atoms with Gasteiger partial charge in [0.2, 0.25) is 10.0 Å². The van der Waals surface area contributed by atoms with Crippen molar-refractivity contribution in [3.8, 4) is 11.5 Å². The van der Waals surface area contributed by atoms with E-state index in [4.69, 9.17) is 9.47 Å². The third kappa shape index (κ3) is 5.35. The van der Waals surface area contributed by atoms with Crippen LogP contribution in [0.4, 0.5) is 0 Å². The Bertz CT molecular complexity index is 725. The van der Waals surface area contributed by atoms with Crippen LogP contribution in [0.5, 0.6) is 11.5 Å². The molecule has 1 saturated heterocycles. The molecule has 8 heteroatoms. The number of piperazine rings is 1.